The third-order valence-electron chi connectivity index (χ3n) is 2.84. The van der Waals surface area contributed by atoms with Crippen molar-refractivity contribution in [3.05, 3.63) is 23.9 Å². The lowest BCUT2D eigenvalue weighted by Gasteiger charge is -2.20. The zero-order valence-electron chi connectivity index (χ0n) is 9.72. The van der Waals surface area contributed by atoms with Crippen LogP contribution in [0, 0.1) is 0 Å². The molecule has 16 heavy (non-hydrogen) atoms. The van der Waals surface area contributed by atoms with Gasteiger partial charge in [0.2, 0.25) is 0 Å². The van der Waals surface area contributed by atoms with Crippen LogP contribution in [-0.4, -0.2) is 31.3 Å². The Morgan fingerprint density at radius 2 is 2.25 bits per heavy atom. The van der Waals surface area contributed by atoms with Gasteiger partial charge in [-0.25, -0.2) is 4.98 Å². The summed E-state index contributed by atoms with van der Waals surface area (Å²) in [4.78, 5) is 6.72. The van der Waals surface area contributed by atoms with Crippen molar-refractivity contribution in [2.45, 2.75) is 19.4 Å². The van der Waals surface area contributed by atoms with Gasteiger partial charge < -0.3 is 15.4 Å². The topological polar surface area (TPSA) is 51.4 Å². The molecule has 1 aromatic rings. The first-order valence-corrected chi connectivity index (χ1v) is 5.81. The van der Waals surface area contributed by atoms with Crippen molar-refractivity contribution in [1.29, 1.82) is 0 Å². The Morgan fingerprint density at radius 1 is 1.38 bits per heavy atom. The quantitative estimate of drug-likeness (QED) is 0.818. The van der Waals surface area contributed by atoms with E-state index in [9.17, 15) is 0 Å². The fraction of sp³-hybridized carbons (Fsp3) is 0.583. The van der Waals surface area contributed by atoms with E-state index in [-0.39, 0.29) is 6.04 Å². The second-order valence-corrected chi connectivity index (χ2v) is 4.19. The number of ether oxygens (including phenoxy) is 1. The molecule has 1 aliphatic rings. The molecule has 1 atom stereocenters. The standard InChI is InChI=1S/C12H19N3O/c1-10(13)11-3-4-12(14-9-11)15-5-2-7-16-8-6-15/h3-4,9-10H,2,5-8,13H2,1H3. The van der Waals surface area contributed by atoms with Crippen molar-refractivity contribution in [1.82, 2.24) is 4.98 Å². The van der Waals surface area contributed by atoms with E-state index in [4.69, 9.17) is 10.5 Å². The number of nitrogens with two attached hydrogens (primary N) is 1. The van der Waals surface area contributed by atoms with Crippen LogP contribution in [0.3, 0.4) is 0 Å². The minimum Gasteiger partial charge on any atom is -0.380 e. The van der Waals surface area contributed by atoms with Crippen molar-refractivity contribution < 1.29 is 4.74 Å². The van der Waals surface area contributed by atoms with Crippen LogP contribution in [-0.2, 0) is 4.74 Å². The van der Waals surface area contributed by atoms with Crippen LogP contribution in [0.25, 0.3) is 0 Å². The summed E-state index contributed by atoms with van der Waals surface area (Å²) in [6.45, 7) is 5.55. The van der Waals surface area contributed by atoms with Gasteiger partial charge in [-0.2, -0.15) is 0 Å². The second kappa shape index (κ2) is 5.27. The molecule has 1 aliphatic heterocycles. The highest BCUT2D eigenvalue weighted by Crippen LogP contribution is 2.15. The van der Waals surface area contributed by atoms with E-state index < -0.39 is 0 Å². The molecule has 0 bridgehead atoms. The predicted molar refractivity (Wildman–Crippen MR) is 64.5 cm³/mol. The first-order valence-electron chi connectivity index (χ1n) is 5.81. The largest absolute Gasteiger partial charge is 0.380 e. The molecule has 0 radical (unpaired) electrons. The molecule has 1 saturated heterocycles. The molecule has 88 valence electrons. The van der Waals surface area contributed by atoms with Gasteiger partial charge in [-0.15, -0.1) is 0 Å². The van der Waals surface area contributed by atoms with Gasteiger partial charge in [-0.1, -0.05) is 6.07 Å². The highest BCUT2D eigenvalue weighted by atomic mass is 16.5. The molecule has 4 heteroatoms. The Kier molecular flexibility index (Phi) is 3.74. The maximum absolute atomic E-state index is 5.79. The Labute approximate surface area is 96.4 Å². The number of rotatable bonds is 2. The Balaban J connectivity index is 2.07. The van der Waals surface area contributed by atoms with Crippen molar-refractivity contribution in [2.75, 3.05) is 31.2 Å². The van der Waals surface area contributed by atoms with Gasteiger partial charge in [0.05, 0.1) is 6.61 Å². The zero-order chi connectivity index (χ0) is 11.4. The van der Waals surface area contributed by atoms with Crippen LogP contribution >= 0.6 is 0 Å². The SMILES string of the molecule is CC(N)c1ccc(N2CCCOCC2)nc1. The normalized spacial score (nSPS) is 19.2. The Hall–Kier alpha value is -1.13. The van der Waals surface area contributed by atoms with E-state index in [1.165, 1.54) is 0 Å². The minimum atomic E-state index is 0.0500. The lowest BCUT2D eigenvalue weighted by Crippen LogP contribution is -2.26. The van der Waals surface area contributed by atoms with E-state index in [0.29, 0.717) is 0 Å². The van der Waals surface area contributed by atoms with Crippen LogP contribution in [0.4, 0.5) is 5.82 Å². The van der Waals surface area contributed by atoms with Crippen molar-refractivity contribution in [2.24, 2.45) is 5.73 Å². The van der Waals surface area contributed by atoms with Crippen LogP contribution in [0.5, 0.6) is 0 Å². The van der Waals surface area contributed by atoms with Crippen LogP contribution < -0.4 is 10.6 Å². The van der Waals surface area contributed by atoms with Gasteiger partial charge in [0, 0.05) is 31.9 Å². The van der Waals surface area contributed by atoms with Gasteiger partial charge >= 0.3 is 0 Å². The number of hydrogen-bond donors (Lipinski definition) is 1. The number of hydrogen-bond acceptors (Lipinski definition) is 4. The highest BCUT2D eigenvalue weighted by Gasteiger charge is 2.11. The molecule has 0 aliphatic carbocycles. The third kappa shape index (κ3) is 2.71. The molecule has 2 heterocycles. The minimum absolute atomic E-state index is 0.0500. The van der Waals surface area contributed by atoms with Crippen molar-refractivity contribution >= 4 is 5.82 Å². The average Bonchev–Trinajstić information content (AvgIpc) is 2.57. The molecule has 0 spiro atoms. The molecule has 1 aromatic heterocycles. The summed E-state index contributed by atoms with van der Waals surface area (Å²) >= 11 is 0. The van der Waals surface area contributed by atoms with E-state index in [1.807, 2.05) is 19.2 Å². The molecule has 2 rings (SSSR count). The molecule has 0 amide bonds. The van der Waals surface area contributed by atoms with Gasteiger partial charge in [0.1, 0.15) is 5.82 Å². The predicted octanol–water partition coefficient (Wildman–Crippen LogP) is 1.33. The first kappa shape index (κ1) is 11.4. The summed E-state index contributed by atoms with van der Waals surface area (Å²) in [6.07, 6.45) is 2.93. The summed E-state index contributed by atoms with van der Waals surface area (Å²) in [5.74, 6) is 1.02. The monoisotopic (exact) mass is 221 g/mol. The maximum Gasteiger partial charge on any atom is 0.128 e. The summed E-state index contributed by atoms with van der Waals surface area (Å²) in [5, 5.41) is 0. The number of aromatic nitrogens is 1. The lowest BCUT2D eigenvalue weighted by atomic mass is 10.1. The molecule has 1 fully saturated rings. The maximum atomic E-state index is 5.79. The Morgan fingerprint density at radius 3 is 2.94 bits per heavy atom. The fourth-order valence-electron chi connectivity index (χ4n) is 1.83. The highest BCUT2D eigenvalue weighted by molar-refractivity contribution is 5.39. The first-order chi connectivity index (χ1) is 7.77. The van der Waals surface area contributed by atoms with Gasteiger partial charge in [0.15, 0.2) is 0 Å². The van der Waals surface area contributed by atoms with E-state index in [1.54, 1.807) is 0 Å². The van der Waals surface area contributed by atoms with E-state index in [0.717, 1.165) is 44.1 Å². The number of nitrogens with zero attached hydrogens (tertiary/aromatic N) is 2. The van der Waals surface area contributed by atoms with Crippen molar-refractivity contribution in [3.63, 3.8) is 0 Å². The van der Waals surface area contributed by atoms with E-state index in [2.05, 4.69) is 16.0 Å². The Bertz CT molecular complexity index is 316. The molecular weight excluding hydrogens is 202 g/mol. The van der Waals surface area contributed by atoms with E-state index >= 15 is 0 Å². The summed E-state index contributed by atoms with van der Waals surface area (Å²) < 4.78 is 5.42. The summed E-state index contributed by atoms with van der Waals surface area (Å²) in [7, 11) is 0. The number of anilines is 1. The molecular formula is C12H19N3O. The molecule has 0 aromatic carbocycles. The van der Waals surface area contributed by atoms with Gasteiger partial charge in [0.25, 0.3) is 0 Å². The fourth-order valence-corrected chi connectivity index (χ4v) is 1.83. The zero-order valence-corrected chi connectivity index (χ0v) is 9.72. The van der Waals surface area contributed by atoms with Crippen LogP contribution in [0.1, 0.15) is 24.9 Å². The second-order valence-electron chi connectivity index (χ2n) is 4.19. The molecule has 1 unspecified atom stereocenters. The third-order valence-corrected chi connectivity index (χ3v) is 2.84. The van der Waals surface area contributed by atoms with Crippen LogP contribution in [0.15, 0.2) is 18.3 Å². The molecule has 0 saturated carbocycles. The van der Waals surface area contributed by atoms with Crippen molar-refractivity contribution in [3.8, 4) is 0 Å². The molecule has 4 nitrogen and oxygen atoms in total. The average molecular weight is 221 g/mol. The summed E-state index contributed by atoms with van der Waals surface area (Å²) in [6, 6.07) is 4.15. The summed E-state index contributed by atoms with van der Waals surface area (Å²) in [5.41, 5.74) is 6.87. The smallest absolute Gasteiger partial charge is 0.128 e. The lowest BCUT2D eigenvalue weighted by molar-refractivity contribution is 0.152. The number of pyridine rings is 1. The van der Waals surface area contributed by atoms with Gasteiger partial charge in [-0.05, 0) is 25.0 Å². The van der Waals surface area contributed by atoms with Crippen LogP contribution in [0.2, 0.25) is 0 Å². The van der Waals surface area contributed by atoms with Gasteiger partial charge in [-0.3, -0.25) is 0 Å². The molecule has 2 N–H and O–H groups in total.